The summed E-state index contributed by atoms with van der Waals surface area (Å²) in [5.41, 5.74) is 4.36. The first-order valence-electron chi connectivity index (χ1n) is 11.6. The first kappa shape index (κ1) is 24.1. The van der Waals surface area contributed by atoms with E-state index in [0.717, 1.165) is 22.5 Å². The Bertz CT molecular complexity index is 1650. The molecule has 0 radical (unpaired) electrons. The molecule has 184 valence electrons. The van der Waals surface area contributed by atoms with Crippen LogP contribution in [0, 0.1) is 6.57 Å². The maximum absolute atomic E-state index is 13.1. The Morgan fingerprint density at radius 1 is 0.946 bits per heavy atom. The van der Waals surface area contributed by atoms with Crippen molar-refractivity contribution in [1.29, 1.82) is 0 Å². The number of fused-ring (bicyclic) bond motifs is 1. The fourth-order valence-corrected chi connectivity index (χ4v) is 4.67. The summed E-state index contributed by atoms with van der Waals surface area (Å²) >= 11 is -1.45. The number of H-pyrrole nitrogens is 1. The highest BCUT2D eigenvalue weighted by atomic mass is 32.2. The van der Waals surface area contributed by atoms with E-state index in [1.54, 1.807) is 31.2 Å². The number of nitrogens with one attached hydrogen (secondary N) is 1. The largest absolute Gasteiger partial charge is 0.450 e. The Hall–Kier alpha value is -4.61. The molecule has 0 aliphatic heterocycles. The minimum atomic E-state index is -1.45. The molecule has 1 atom stereocenters. The molecule has 0 saturated carbocycles. The van der Waals surface area contributed by atoms with Crippen molar-refractivity contribution in [2.45, 2.75) is 13.3 Å². The summed E-state index contributed by atoms with van der Waals surface area (Å²) in [7, 11) is 0. The number of hydrogen-bond acceptors (Lipinski definition) is 4. The fourth-order valence-electron chi connectivity index (χ4n) is 4.29. The average Bonchev–Trinajstić information content (AvgIpc) is 3.45. The van der Waals surface area contributed by atoms with Crippen molar-refractivity contribution in [2.75, 3.05) is 6.26 Å². The Kier molecular flexibility index (Phi) is 6.62. The van der Waals surface area contributed by atoms with Gasteiger partial charge in [0.2, 0.25) is 17.0 Å². The first-order chi connectivity index (χ1) is 18.0. The van der Waals surface area contributed by atoms with E-state index in [0.29, 0.717) is 22.7 Å². The lowest BCUT2D eigenvalue weighted by Crippen LogP contribution is -1.96. The van der Waals surface area contributed by atoms with E-state index in [4.69, 9.17) is 15.5 Å². The second-order valence-corrected chi connectivity index (χ2v) is 9.21. The molecule has 0 spiro atoms. The minimum absolute atomic E-state index is 0.143. The van der Waals surface area contributed by atoms with Gasteiger partial charge >= 0.3 is 0 Å². The van der Waals surface area contributed by atoms with Gasteiger partial charge in [-0.3, -0.25) is 9.20 Å². The van der Waals surface area contributed by atoms with Crippen molar-refractivity contribution < 1.29 is 17.9 Å². The molecule has 7 nitrogen and oxygen atoms in total. The van der Waals surface area contributed by atoms with Crippen molar-refractivity contribution in [3.8, 4) is 39.9 Å². The van der Waals surface area contributed by atoms with E-state index in [-0.39, 0.29) is 23.8 Å². The number of carbonyl (C=O) groups excluding carboxylic acids is 1. The standard InChI is InChI=1S/C29H23N3O4S/c1-4-23(33)24-26(30-2)29(35-21-15-17-22(18-16-21)36-37(3)34)32-27(20-13-9-6-10-14-20)25(31-28(24)32)19-11-7-5-8-12-19/h5-18,31H,4H2,1,3H3. The fraction of sp³-hybridized carbons (Fsp3) is 0.103. The van der Waals surface area contributed by atoms with Crippen LogP contribution >= 0.6 is 0 Å². The highest BCUT2D eigenvalue weighted by molar-refractivity contribution is 7.79. The third-order valence-corrected chi connectivity index (χ3v) is 6.31. The van der Waals surface area contributed by atoms with E-state index in [9.17, 15) is 9.00 Å². The zero-order valence-corrected chi connectivity index (χ0v) is 21.0. The number of hydrogen-bond donors (Lipinski definition) is 1. The number of ether oxygens (including phenoxy) is 1. The normalized spacial score (nSPS) is 11.7. The summed E-state index contributed by atoms with van der Waals surface area (Å²) in [6.07, 6.45) is 1.68. The number of benzene rings is 3. The van der Waals surface area contributed by atoms with Crippen LogP contribution in [-0.4, -0.2) is 25.6 Å². The third kappa shape index (κ3) is 4.53. The maximum Gasteiger partial charge on any atom is 0.260 e. The van der Waals surface area contributed by atoms with Crippen molar-refractivity contribution in [2.24, 2.45) is 0 Å². The molecule has 0 aliphatic carbocycles. The number of ketones is 1. The Labute approximate surface area is 216 Å². The van der Waals surface area contributed by atoms with Crippen molar-refractivity contribution in [3.05, 3.63) is 102 Å². The molecule has 5 rings (SSSR count). The van der Waals surface area contributed by atoms with Crippen LogP contribution in [-0.2, 0) is 11.1 Å². The lowest BCUT2D eigenvalue weighted by molar-refractivity contribution is 0.0990. The average molecular weight is 510 g/mol. The molecule has 0 saturated heterocycles. The second kappa shape index (κ2) is 10.2. The molecule has 0 aliphatic rings. The van der Waals surface area contributed by atoms with E-state index < -0.39 is 11.1 Å². The van der Waals surface area contributed by atoms with Crippen LogP contribution < -0.4 is 8.92 Å². The second-order valence-electron chi connectivity index (χ2n) is 8.24. The van der Waals surface area contributed by atoms with Crippen molar-refractivity contribution in [3.63, 3.8) is 0 Å². The molecule has 8 heteroatoms. The SMILES string of the molecule is [C-]#[N+]c1c(C(=O)CC)c2[nH]c(-c3ccccc3)c(-c3ccccc3)n2c1Oc1ccc(OS(C)=O)cc1. The highest BCUT2D eigenvalue weighted by Gasteiger charge is 2.30. The van der Waals surface area contributed by atoms with Crippen LogP contribution in [0.1, 0.15) is 23.7 Å². The monoisotopic (exact) mass is 509 g/mol. The number of aromatic nitrogens is 2. The van der Waals surface area contributed by atoms with Gasteiger partial charge in [0.25, 0.3) is 5.69 Å². The Balaban J connectivity index is 1.80. The smallest absolute Gasteiger partial charge is 0.260 e. The van der Waals surface area contributed by atoms with Gasteiger partial charge in [-0.05, 0) is 24.3 Å². The molecule has 2 heterocycles. The van der Waals surface area contributed by atoms with Gasteiger partial charge in [-0.15, -0.1) is 0 Å². The minimum Gasteiger partial charge on any atom is -0.450 e. The number of aromatic amines is 1. The van der Waals surface area contributed by atoms with Crippen LogP contribution in [0.25, 0.3) is 33.0 Å². The van der Waals surface area contributed by atoms with Crippen LogP contribution in [0.2, 0.25) is 0 Å². The lowest BCUT2D eigenvalue weighted by Gasteiger charge is -2.11. The van der Waals surface area contributed by atoms with Crippen LogP contribution in [0.5, 0.6) is 17.4 Å². The lowest BCUT2D eigenvalue weighted by atomic mass is 10.0. The molecular weight excluding hydrogens is 486 g/mol. The molecule has 2 aromatic heterocycles. The van der Waals surface area contributed by atoms with Crippen LogP contribution in [0.4, 0.5) is 5.69 Å². The summed E-state index contributed by atoms with van der Waals surface area (Å²) in [6, 6.07) is 26.2. The highest BCUT2D eigenvalue weighted by Crippen LogP contribution is 2.46. The summed E-state index contributed by atoms with van der Waals surface area (Å²) in [5.74, 6) is 0.953. The molecule has 0 bridgehead atoms. The predicted octanol–water partition coefficient (Wildman–Crippen LogP) is 7.21. The third-order valence-electron chi connectivity index (χ3n) is 5.88. The molecule has 3 aromatic carbocycles. The quantitative estimate of drug-likeness (QED) is 0.177. The number of carbonyl (C=O) groups is 1. The number of rotatable bonds is 8. The summed E-state index contributed by atoms with van der Waals surface area (Å²) in [6.45, 7) is 9.72. The molecule has 5 aromatic rings. The number of imidazole rings is 1. The Morgan fingerprint density at radius 2 is 1.54 bits per heavy atom. The zero-order valence-electron chi connectivity index (χ0n) is 20.2. The molecular formula is C29H23N3O4S. The molecule has 37 heavy (non-hydrogen) atoms. The van der Waals surface area contributed by atoms with Crippen molar-refractivity contribution in [1.82, 2.24) is 9.38 Å². The number of Topliss-reactive ketones (excluding diaryl/α,β-unsaturated/α-hetero) is 1. The molecule has 0 fully saturated rings. The number of nitrogens with zero attached hydrogens (tertiary/aromatic N) is 2. The summed E-state index contributed by atoms with van der Waals surface area (Å²) in [4.78, 5) is 20.3. The van der Waals surface area contributed by atoms with Gasteiger partial charge in [-0.1, -0.05) is 67.6 Å². The molecule has 0 amide bonds. The van der Waals surface area contributed by atoms with Gasteiger partial charge in [-0.2, -0.15) is 0 Å². The van der Waals surface area contributed by atoms with E-state index in [1.807, 2.05) is 65.1 Å². The van der Waals surface area contributed by atoms with E-state index in [1.165, 1.54) is 6.26 Å². The van der Waals surface area contributed by atoms with E-state index >= 15 is 0 Å². The van der Waals surface area contributed by atoms with Gasteiger partial charge in [0.05, 0.1) is 23.5 Å². The van der Waals surface area contributed by atoms with Gasteiger partial charge in [0.1, 0.15) is 17.1 Å². The van der Waals surface area contributed by atoms with Crippen LogP contribution in [0.15, 0.2) is 84.9 Å². The predicted molar refractivity (Wildman–Crippen MR) is 145 cm³/mol. The first-order valence-corrected chi connectivity index (χ1v) is 13.1. The topological polar surface area (TPSA) is 77.2 Å². The summed E-state index contributed by atoms with van der Waals surface area (Å²) < 4.78 is 24.7. The zero-order chi connectivity index (χ0) is 25.9. The van der Waals surface area contributed by atoms with Crippen molar-refractivity contribution >= 4 is 28.2 Å². The van der Waals surface area contributed by atoms with Crippen LogP contribution in [0.3, 0.4) is 0 Å². The molecule has 1 unspecified atom stereocenters. The maximum atomic E-state index is 13.1. The molecule has 1 N–H and O–H groups in total. The van der Waals surface area contributed by atoms with Gasteiger partial charge in [-0.25, -0.2) is 9.05 Å². The van der Waals surface area contributed by atoms with Gasteiger partial charge < -0.3 is 13.9 Å². The Morgan fingerprint density at radius 3 is 2.11 bits per heavy atom. The van der Waals surface area contributed by atoms with Gasteiger partial charge in [0.15, 0.2) is 5.78 Å². The van der Waals surface area contributed by atoms with Gasteiger partial charge in [0, 0.05) is 23.8 Å². The summed E-state index contributed by atoms with van der Waals surface area (Å²) in [5, 5.41) is 0. The van der Waals surface area contributed by atoms with E-state index in [2.05, 4.69) is 9.83 Å².